The molecular weight excluding hydrogens is 443 g/mol. The maximum Gasteiger partial charge on any atom is 0.191 e. The predicted molar refractivity (Wildman–Crippen MR) is 116 cm³/mol. The Morgan fingerprint density at radius 3 is 2.54 bits per heavy atom. The van der Waals surface area contributed by atoms with Crippen LogP contribution in [0.4, 0.5) is 0 Å². The molecule has 6 nitrogen and oxygen atoms in total. The van der Waals surface area contributed by atoms with Gasteiger partial charge in [0, 0.05) is 38.3 Å². The van der Waals surface area contributed by atoms with Crippen molar-refractivity contribution in [3.8, 4) is 0 Å². The highest BCUT2D eigenvalue weighted by molar-refractivity contribution is 14.0. The molecule has 1 heterocycles. The van der Waals surface area contributed by atoms with E-state index in [1.165, 1.54) is 12.8 Å². The molecule has 1 aromatic heterocycles. The molecule has 1 fully saturated rings. The van der Waals surface area contributed by atoms with Gasteiger partial charge in [0.15, 0.2) is 5.96 Å². The molecule has 26 heavy (non-hydrogen) atoms. The molecule has 1 aliphatic carbocycles. The summed E-state index contributed by atoms with van der Waals surface area (Å²) in [5, 5.41) is 11.0. The van der Waals surface area contributed by atoms with Crippen molar-refractivity contribution >= 4 is 29.9 Å². The van der Waals surface area contributed by atoms with Crippen LogP contribution in [-0.4, -0.2) is 37.4 Å². The Bertz CT molecular complexity index is 534. The number of ether oxygens (including phenoxy) is 1. The number of hydrogen-bond acceptors (Lipinski definition) is 4. The highest BCUT2D eigenvalue weighted by atomic mass is 127. The maximum absolute atomic E-state index is 5.52. The second-order valence-corrected chi connectivity index (χ2v) is 6.73. The topological polar surface area (TPSA) is 71.7 Å². The van der Waals surface area contributed by atoms with Crippen LogP contribution in [0.15, 0.2) is 9.52 Å². The lowest BCUT2D eigenvalue weighted by atomic mass is 10.0. The maximum atomic E-state index is 5.52. The third kappa shape index (κ3) is 6.72. The van der Waals surface area contributed by atoms with Gasteiger partial charge in [-0.05, 0) is 44.9 Å². The third-order valence-electron chi connectivity index (χ3n) is 4.92. The zero-order valence-corrected chi connectivity index (χ0v) is 19.0. The van der Waals surface area contributed by atoms with Crippen molar-refractivity contribution in [3.05, 3.63) is 17.0 Å². The van der Waals surface area contributed by atoms with Crippen molar-refractivity contribution in [1.82, 2.24) is 15.8 Å². The lowest BCUT2D eigenvalue weighted by Crippen LogP contribution is -2.40. The van der Waals surface area contributed by atoms with Gasteiger partial charge in [0.25, 0.3) is 0 Å². The first-order valence-electron chi connectivity index (χ1n) is 9.74. The largest absolute Gasteiger partial charge is 0.382 e. The highest BCUT2D eigenvalue weighted by Gasteiger charge is 2.41. The first kappa shape index (κ1) is 23.2. The van der Waals surface area contributed by atoms with Crippen molar-refractivity contribution in [1.29, 1.82) is 0 Å². The van der Waals surface area contributed by atoms with E-state index in [0.29, 0.717) is 12.0 Å². The molecule has 0 amide bonds. The molecule has 0 spiro atoms. The zero-order chi connectivity index (χ0) is 18.1. The van der Waals surface area contributed by atoms with E-state index in [0.717, 1.165) is 68.5 Å². The van der Waals surface area contributed by atoms with Crippen molar-refractivity contribution in [3.63, 3.8) is 0 Å². The summed E-state index contributed by atoms with van der Waals surface area (Å²) in [6.45, 7) is 12.4. The smallest absolute Gasteiger partial charge is 0.191 e. The molecule has 0 aliphatic heterocycles. The Morgan fingerprint density at radius 1 is 1.19 bits per heavy atom. The number of halogens is 1. The second-order valence-electron chi connectivity index (χ2n) is 6.73. The Balaban J connectivity index is 0.00000338. The van der Waals surface area contributed by atoms with Gasteiger partial charge in [-0.2, -0.15) is 0 Å². The van der Waals surface area contributed by atoms with Crippen LogP contribution in [0.2, 0.25) is 0 Å². The Hall–Kier alpha value is -0.830. The molecule has 150 valence electrons. The van der Waals surface area contributed by atoms with Crippen molar-refractivity contribution in [2.45, 2.75) is 66.3 Å². The van der Waals surface area contributed by atoms with E-state index in [1.807, 2.05) is 6.92 Å². The van der Waals surface area contributed by atoms with E-state index < -0.39 is 0 Å². The molecule has 0 unspecified atom stereocenters. The number of guanidine groups is 1. The number of rotatable bonds is 11. The first-order chi connectivity index (χ1) is 12.2. The fourth-order valence-electron chi connectivity index (χ4n) is 3.01. The van der Waals surface area contributed by atoms with Crippen LogP contribution in [0.5, 0.6) is 0 Å². The summed E-state index contributed by atoms with van der Waals surface area (Å²) in [5.74, 6) is 1.82. The molecule has 0 saturated heterocycles. The SMILES string of the molecule is CCNC(=NCc1c(CC)noc1CC)NCC1(CCOCC)CC1.I. The van der Waals surface area contributed by atoms with Crippen LogP contribution in [-0.2, 0) is 24.1 Å². The molecule has 0 bridgehead atoms. The Kier molecular flexibility index (Phi) is 10.5. The fourth-order valence-corrected chi connectivity index (χ4v) is 3.01. The molecule has 2 rings (SSSR count). The van der Waals surface area contributed by atoms with Crippen molar-refractivity contribution in [2.75, 3.05) is 26.3 Å². The summed E-state index contributed by atoms with van der Waals surface area (Å²) in [6, 6.07) is 0. The molecule has 0 aromatic carbocycles. The average Bonchev–Trinajstić information content (AvgIpc) is 3.28. The van der Waals surface area contributed by atoms with Crippen molar-refractivity contribution in [2.24, 2.45) is 10.4 Å². The van der Waals surface area contributed by atoms with E-state index in [4.69, 9.17) is 14.3 Å². The van der Waals surface area contributed by atoms with Crippen LogP contribution in [0.25, 0.3) is 0 Å². The summed E-state index contributed by atoms with van der Waals surface area (Å²) in [4.78, 5) is 4.76. The van der Waals surface area contributed by atoms with Gasteiger partial charge in [-0.3, -0.25) is 0 Å². The summed E-state index contributed by atoms with van der Waals surface area (Å²) in [5.41, 5.74) is 2.55. The minimum Gasteiger partial charge on any atom is -0.382 e. The van der Waals surface area contributed by atoms with Crippen LogP contribution in [0, 0.1) is 5.41 Å². The minimum absolute atomic E-state index is 0. The zero-order valence-electron chi connectivity index (χ0n) is 16.7. The Labute approximate surface area is 174 Å². The number of aliphatic imine (C=N–C) groups is 1. The first-order valence-corrected chi connectivity index (χ1v) is 9.74. The monoisotopic (exact) mass is 478 g/mol. The lowest BCUT2D eigenvalue weighted by Gasteiger charge is -2.18. The number of aromatic nitrogens is 1. The van der Waals surface area contributed by atoms with Crippen molar-refractivity contribution < 1.29 is 9.26 Å². The van der Waals surface area contributed by atoms with E-state index in [-0.39, 0.29) is 24.0 Å². The van der Waals surface area contributed by atoms with Crippen LogP contribution in [0.3, 0.4) is 0 Å². The molecule has 0 radical (unpaired) electrons. The van der Waals surface area contributed by atoms with E-state index in [9.17, 15) is 0 Å². The van der Waals surface area contributed by atoms with Gasteiger partial charge in [-0.1, -0.05) is 19.0 Å². The minimum atomic E-state index is 0. The molecule has 2 N–H and O–H groups in total. The van der Waals surface area contributed by atoms with E-state index in [1.54, 1.807) is 0 Å². The van der Waals surface area contributed by atoms with Gasteiger partial charge in [0.05, 0.1) is 12.2 Å². The fraction of sp³-hybridized carbons (Fsp3) is 0.789. The van der Waals surface area contributed by atoms with Gasteiger partial charge in [-0.25, -0.2) is 4.99 Å². The summed E-state index contributed by atoms with van der Waals surface area (Å²) >= 11 is 0. The molecular formula is C19H35IN4O2. The molecule has 1 aliphatic rings. The lowest BCUT2D eigenvalue weighted by molar-refractivity contribution is 0.128. The quantitative estimate of drug-likeness (QED) is 0.220. The van der Waals surface area contributed by atoms with Gasteiger partial charge in [0.2, 0.25) is 0 Å². The standard InChI is InChI=1S/C19H34N4O2.HI/c1-5-16-15(17(6-2)25-23-16)13-21-18(20-7-3)22-14-19(9-10-19)11-12-24-8-4;/h5-14H2,1-4H3,(H2,20,21,22);1H. The van der Waals surface area contributed by atoms with Gasteiger partial charge >= 0.3 is 0 Å². The van der Waals surface area contributed by atoms with Crippen LogP contribution >= 0.6 is 24.0 Å². The van der Waals surface area contributed by atoms with Crippen LogP contribution in [0.1, 0.15) is 64.0 Å². The van der Waals surface area contributed by atoms with E-state index in [2.05, 4.69) is 36.6 Å². The molecule has 1 aromatic rings. The molecule has 1 saturated carbocycles. The van der Waals surface area contributed by atoms with Crippen LogP contribution < -0.4 is 10.6 Å². The summed E-state index contributed by atoms with van der Waals surface area (Å²) in [7, 11) is 0. The van der Waals surface area contributed by atoms with Gasteiger partial charge in [0.1, 0.15) is 5.76 Å². The van der Waals surface area contributed by atoms with Gasteiger partial charge < -0.3 is 19.9 Å². The van der Waals surface area contributed by atoms with Gasteiger partial charge in [-0.15, -0.1) is 24.0 Å². The summed E-state index contributed by atoms with van der Waals surface area (Å²) in [6.07, 6.45) is 5.40. The van der Waals surface area contributed by atoms with E-state index >= 15 is 0 Å². The molecule has 0 atom stereocenters. The molecule has 7 heteroatoms. The number of nitrogens with zero attached hydrogens (tertiary/aromatic N) is 2. The second kappa shape index (κ2) is 11.8. The normalized spacial score (nSPS) is 15.5. The highest BCUT2D eigenvalue weighted by Crippen LogP contribution is 2.48. The average molecular weight is 478 g/mol. The predicted octanol–water partition coefficient (Wildman–Crippen LogP) is 3.68. The summed E-state index contributed by atoms with van der Waals surface area (Å²) < 4.78 is 11.0. The Morgan fingerprint density at radius 2 is 1.96 bits per heavy atom. The number of nitrogens with one attached hydrogen (secondary N) is 2. The third-order valence-corrected chi connectivity index (χ3v) is 4.92. The number of aryl methyl sites for hydroxylation is 2. The number of hydrogen-bond donors (Lipinski definition) is 2.